The Balaban J connectivity index is 2.15. The number of aromatic nitrogens is 5. The van der Waals surface area contributed by atoms with E-state index in [1.54, 1.807) is 4.68 Å². The van der Waals surface area contributed by atoms with Gasteiger partial charge in [-0.15, -0.1) is 0 Å². The van der Waals surface area contributed by atoms with Crippen molar-refractivity contribution in [3.63, 3.8) is 0 Å². The van der Waals surface area contributed by atoms with Gasteiger partial charge in [0, 0.05) is 19.3 Å². The molecule has 2 rings (SSSR count). The number of nitrogens with one attached hydrogen (secondary N) is 1. The van der Waals surface area contributed by atoms with Crippen molar-refractivity contribution < 1.29 is 0 Å². The maximum Gasteiger partial charge on any atom is 0.231 e. The van der Waals surface area contributed by atoms with Gasteiger partial charge in [0.25, 0.3) is 0 Å². The average Bonchev–Trinajstić information content (AvgIpc) is 2.53. The highest BCUT2D eigenvalue weighted by atomic mass is 15.3. The molecule has 2 aromatic heterocycles. The van der Waals surface area contributed by atoms with Crippen molar-refractivity contribution in [2.75, 3.05) is 5.32 Å². The maximum absolute atomic E-state index is 4.11. The molecule has 13 heavy (non-hydrogen) atoms. The Morgan fingerprint density at radius 1 is 1.31 bits per heavy atom. The van der Waals surface area contributed by atoms with E-state index in [9.17, 15) is 0 Å². The summed E-state index contributed by atoms with van der Waals surface area (Å²) in [6, 6.07) is 1.84. The van der Waals surface area contributed by atoms with Crippen molar-refractivity contribution in [1.82, 2.24) is 24.7 Å². The summed E-state index contributed by atoms with van der Waals surface area (Å²) in [5.41, 5.74) is 0. The molecule has 0 radical (unpaired) electrons. The summed E-state index contributed by atoms with van der Waals surface area (Å²) >= 11 is 0. The van der Waals surface area contributed by atoms with Crippen LogP contribution in [0.1, 0.15) is 0 Å². The van der Waals surface area contributed by atoms with E-state index in [1.165, 1.54) is 12.7 Å². The fourth-order valence-electron chi connectivity index (χ4n) is 0.900. The maximum atomic E-state index is 4.11. The molecular formula is C7H8N6. The minimum Gasteiger partial charge on any atom is -0.307 e. The lowest BCUT2D eigenvalue weighted by atomic mass is 10.6. The quantitative estimate of drug-likeness (QED) is 0.715. The molecule has 6 nitrogen and oxygen atoms in total. The number of nitrogens with zero attached hydrogens (tertiary/aromatic N) is 5. The molecule has 0 aliphatic rings. The van der Waals surface area contributed by atoms with Gasteiger partial charge in [-0.25, -0.2) is 15.0 Å². The number of aryl methyl sites for hydroxylation is 1. The van der Waals surface area contributed by atoms with E-state index in [1.807, 2.05) is 19.3 Å². The fraction of sp³-hybridized carbons (Fsp3) is 0.143. The Hall–Kier alpha value is -1.98. The molecule has 0 fully saturated rings. The first-order valence-corrected chi connectivity index (χ1v) is 3.73. The van der Waals surface area contributed by atoms with E-state index in [0.29, 0.717) is 11.8 Å². The van der Waals surface area contributed by atoms with Crippen molar-refractivity contribution in [2.45, 2.75) is 0 Å². The first kappa shape index (κ1) is 7.66. The third-order valence-corrected chi connectivity index (χ3v) is 1.45. The van der Waals surface area contributed by atoms with Gasteiger partial charge >= 0.3 is 0 Å². The minimum absolute atomic E-state index is 0.494. The zero-order valence-electron chi connectivity index (χ0n) is 7.05. The molecule has 0 bridgehead atoms. The highest BCUT2D eigenvalue weighted by Crippen LogP contribution is 2.06. The Morgan fingerprint density at radius 3 is 2.69 bits per heavy atom. The molecule has 0 unspecified atom stereocenters. The SMILES string of the molecule is Cn1ccc(Nc2ncncn2)n1. The average molecular weight is 176 g/mol. The second kappa shape index (κ2) is 3.18. The minimum atomic E-state index is 0.494. The van der Waals surface area contributed by atoms with Crippen LogP contribution in [0.25, 0.3) is 0 Å². The van der Waals surface area contributed by atoms with Crippen molar-refractivity contribution in [3.05, 3.63) is 24.9 Å². The predicted molar refractivity (Wildman–Crippen MR) is 46.3 cm³/mol. The molecule has 0 spiro atoms. The number of anilines is 2. The molecule has 1 N–H and O–H groups in total. The Kier molecular flexibility index (Phi) is 1.87. The normalized spacial score (nSPS) is 9.92. The van der Waals surface area contributed by atoms with Crippen LogP contribution in [0.2, 0.25) is 0 Å². The van der Waals surface area contributed by atoms with Crippen LogP contribution < -0.4 is 5.32 Å². The first-order valence-electron chi connectivity index (χ1n) is 3.73. The van der Waals surface area contributed by atoms with Crippen LogP contribution in [0.5, 0.6) is 0 Å². The summed E-state index contributed by atoms with van der Waals surface area (Å²) in [5.74, 6) is 1.21. The lowest BCUT2D eigenvalue weighted by Crippen LogP contribution is -1.98. The topological polar surface area (TPSA) is 68.5 Å². The molecule has 0 saturated heterocycles. The Bertz CT molecular complexity index is 381. The standard InChI is InChI=1S/C7H8N6/c1-13-3-2-6(12-13)11-7-9-4-8-5-10-7/h2-5H,1H3,(H,8,9,10,11,12). The zero-order valence-corrected chi connectivity index (χ0v) is 7.05. The molecule has 2 heterocycles. The smallest absolute Gasteiger partial charge is 0.231 e. The molecule has 66 valence electrons. The van der Waals surface area contributed by atoms with Crippen molar-refractivity contribution >= 4 is 11.8 Å². The lowest BCUT2D eigenvalue weighted by Gasteiger charge is -1.97. The lowest BCUT2D eigenvalue weighted by molar-refractivity contribution is 0.770. The molecule has 0 aliphatic carbocycles. The molecule has 0 amide bonds. The van der Waals surface area contributed by atoms with E-state index < -0.39 is 0 Å². The second-order valence-electron chi connectivity index (χ2n) is 2.46. The van der Waals surface area contributed by atoms with Gasteiger partial charge in [-0.05, 0) is 0 Å². The number of hydrogen-bond acceptors (Lipinski definition) is 5. The first-order chi connectivity index (χ1) is 6.34. The van der Waals surface area contributed by atoms with Crippen molar-refractivity contribution in [1.29, 1.82) is 0 Å². The van der Waals surface area contributed by atoms with Crippen LogP contribution in [-0.2, 0) is 7.05 Å². The van der Waals surface area contributed by atoms with Crippen LogP contribution >= 0.6 is 0 Å². The van der Waals surface area contributed by atoms with Crippen LogP contribution in [0.4, 0.5) is 11.8 Å². The van der Waals surface area contributed by atoms with Gasteiger partial charge < -0.3 is 5.32 Å². The third-order valence-electron chi connectivity index (χ3n) is 1.45. The summed E-state index contributed by atoms with van der Waals surface area (Å²) in [5, 5.41) is 7.04. The summed E-state index contributed by atoms with van der Waals surface area (Å²) in [6.07, 6.45) is 4.69. The summed E-state index contributed by atoms with van der Waals surface area (Å²) < 4.78 is 1.70. The van der Waals surface area contributed by atoms with Crippen LogP contribution in [0.15, 0.2) is 24.9 Å². The Labute approximate surface area is 74.7 Å². The molecule has 0 aliphatic heterocycles. The number of rotatable bonds is 2. The Morgan fingerprint density at radius 2 is 2.08 bits per heavy atom. The third kappa shape index (κ3) is 1.78. The van der Waals surface area contributed by atoms with Crippen molar-refractivity contribution in [3.8, 4) is 0 Å². The van der Waals surface area contributed by atoms with Gasteiger partial charge in [0.1, 0.15) is 12.7 Å². The van der Waals surface area contributed by atoms with E-state index in [0.717, 1.165) is 0 Å². The monoisotopic (exact) mass is 176 g/mol. The van der Waals surface area contributed by atoms with Gasteiger partial charge in [0.2, 0.25) is 5.95 Å². The molecule has 0 atom stereocenters. The van der Waals surface area contributed by atoms with Gasteiger partial charge in [0.05, 0.1) is 0 Å². The van der Waals surface area contributed by atoms with Gasteiger partial charge in [-0.3, -0.25) is 4.68 Å². The largest absolute Gasteiger partial charge is 0.307 e. The molecule has 0 saturated carbocycles. The van der Waals surface area contributed by atoms with Gasteiger partial charge in [-0.1, -0.05) is 0 Å². The van der Waals surface area contributed by atoms with Crippen LogP contribution in [0, 0.1) is 0 Å². The van der Waals surface area contributed by atoms with Crippen LogP contribution in [0.3, 0.4) is 0 Å². The van der Waals surface area contributed by atoms with Crippen LogP contribution in [-0.4, -0.2) is 24.7 Å². The molecule has 2 aromatic rings. The van der Waals surface area contributed by atoms with Gasteiger partial charge in [0.15, 0.2) is 5.82 Å². The highest BCUT2D eigenvalue weighted by molar-refractivity contribution is 5.45. The van der Waals surface area contributed by atoms with E-state index in [2.05, 4.69) is 25.4 Å². The molecule has 0 aromatic carbocycles. The van der Waals surface area contributed by atoms with E-state index >= 15 is 0 Å². The summed E-state index contributed by atoms with van der Waals surface area (Å²) in [6.45, 7) is 0. The zero-order chi connectivity index (χ0) is 9.10. The second-order valence-corrected chi connectivity index (χ2v) is 2.46. The number of hydrogen-bond donors (Lipinski definition) is 1. The highest BCUT2D eigenvalue weighted by Gasteiger charge is 1.97. The van der Waals surface area contributed by atoms with Crippen molar-refractivity contribution in [2.24, 2.45) is 7.05 Å². The molecule has 6 heteroatoms. The summed E-state index contributed by atoms with van der Waals surface area (Å²) in [4.78, 5) is 11.5. The fourth-order valence-corrected chi connectivity index (χ4v) is 0.900. The van der Waals surface area contributed by atoms with Gasteiger partial charge in [-0.2, -0.15) is 5.10 Å². The van der Waals surface area contributed by atoms with E-state index in [-0.39, 0.29) is 0 Å². The van der Waals surface area contributed by atoms with E-state index in [4.69, 9.17) is 0 Å². The molecular weight excluding hydrogens is 168 g/mol. The predicted octanol–water partition coefficient (Wildman–Crippen LogP) is 0.349. The summed E-state index contributed by atoms with van der Waals surface area (Å²) in [7, 11) is 1.85.